The number of nitrogens with zero attached hydrogens (tertiary/aromatic N) is 2. The average Bonchev–Trinajstić information content (AvgIpc) is 2.28. The molecule has 5 heteroatoms. The van der Waals surface area contributed by atoms with Crippen LogP contribution in [0.15, 0.2) is 23.4 Å². The molecule has 0 aliphatic carbocycles. The minimum atomic E-state index is -0.389. The van der Waals surface area contributed by atoms with Gasteiger partial charge in [-0.15, -0.1) is 0 Å². The first-order chi connectivity index (χ1) is 8.06. The minimum absolute atomic E-state index is 0.0910. The van der Waals surface area contributed by atoms with Crippen LogP contribution in [0.2, 0.25) is 0 Å². The molecule has 0 bridgehead atoms. The Kier molecular flexibility index (Phi) is 4.63. The lowest BCUT2D eigenvalue weighted by Gasteiger charge is -2.07. The summed E-state index contributed by atoms with van der Waals surface area (Å²) in [7, 11) is 0. The van der Waals surface area contributed by atoms with Gasteiger partial charge in [-0.25, -0.2) is 0 Å². The van der Waals surface area contributed by atoms with Crippen LogP contribution in [0.5, 0.6) is 0 Å². The number of oxime groups is 1. The second-order valence-corrected chi connectivity index (χ2v) is 3.84. The summed E-state index contributed by atoms with van der Waals surface area (Å²) in [5.74, 6) is 0. The fraction of sp³-hybridized carbons (Fsp3) is 0.417. The predicted octanol–water partition coefficient (Wildman–Crippen LogP) is 3.07. The van der Waals surface area contributed by atoms with Gasteiger partial charge in [0, 0.05) is 6.07 Å². The largest absolute Gasteiger partial charge is 0.391 e. The number of nitro benzene ring substituents is 1. The minimum Gasteiger partial charge on any atom is -0.391 e. The number of rotatable bonds is 5. The van der Waals surface area contributed by atoms with Gasteiger partial charge in [-0.3, -0.25) is 10.1 Å². The first-order valence-electron chi connectivity index (χ1n) is 5.44. The second-order valence-electron chi connectivity index (χ2n) is 3.84. The topological polar surface area (TPSA) is 64.7 Å². The highest BCUT2D eigenvalue weighted by Crippen LogP contribution is 2.23. The number of aryl methyl sites for hydroxylation is 1. The molecule has 5 nitrogen and oxygen atoms in total. The van der Waals surface area contributed by atoms with Crippen LogP contribution >= 0.6 is 0 Å². The Morgan fingerprint density at radius 3 is 2.71 bits per heavy atom. The van der Waals surface area contributed by atoms with Crippen molar-refractivity contribution in [2.75, 3.05) is 0 Å². The van der Waals surface area contributed by atoms with Gasteiger partial charge >= 0.3 is 0 Å². The Balaban J connectivity index is 3.01. The van der Waals surface area contributed by atoms with E-state index in [0.29, 0.717) is 5.56 Å². The zero-order valence-corrected chi connectivity index (χ0v) is 10.3. The lowest BCUT2D eigenvalue weighted by atomic mass is 10.0. The maximum Gasteiger partial charge on any atom is 0.276 e. The van der Waals surface area contributed by atoms with Crippen molar-refractivity contribution in [3.8, 4) is 0 Å². The Morgan fingerprint density at radius 2 is 2.18 bits per heavy atom. The third-order valence-corrected chi connectivity index (χ3v) is 2.28. The standard InChI is InChI=1S/C12H16N2O3/c1-4-10-6-5-7-12(14(15)16)11(10)8-17-13-9(2)3/h5-7H,4,8H2,1-3H3. The van der Waals surface area contributed by atoms with E-state index in [1.54, 1.807) is 19.9 Å². The first-order valence-corrected chi connectivity index (χ1v) is 5.44. The van der Waals surface area contributed by atoms with Crippen molar-refractivity contribution < 1.29 is 9.76 Å². The summed E-state index contributed by atoms with van der Waals surface area (Å²) >= 11 is 0. The molecule has 17 heavy (non-hydrogen) atoms. The monoisotopic (exact) mass is 236 g/mol. The normalized spacial score (nSPS) is 9.82. The fourth-order valence-corrected chi connectivity index (χ4v) is 1.52. The van der Waals surface area contributed by atoms with E-state index in [0.717, 1.165) is 17.7 Å². The van der Waals surface area contributed by atoms with Crippen LogP contribution in [0, 0.1) is 10.1 Å². The van der Waals surface area contributed by atoms with E-state index >= 15 is 0 Å². The third-order valence-electron chi connectivity index (χ3n) is 2.28. The van der Waals surface area contributed by atoms with Gasteiger partial charge < -0.3 is 4.84 Å². The highest BCUT2D eigenvalue weighted by Gasteiger charge is 2.16. The van der Waals surface area contributed by atoms with Crippen molar-refractivity contribution in [1.29, 1.82) is 0 Å². The van der Waals surface area contributed by atoms with E-state index in [2.05, 4.69) is 5.16 Å². The summed E-state index contributed by atoms with van der Waals surface area (Å²) in [6.45, 7) is 5.70. The van der Waals surface area contributed by atoms with Crippen LogP contribution in [0.3, 0.4) is 0 Å². The van der Waals surface area contributed by atoms with E-state index in [-0.39, 0.29) is 17.2 Å². The van der Waals surface area contributed by atoms with Gasteiger partial charge in [0.25, 0.3) is 5.69 Å². The van der Waals surface area contributed by atoms with Crippen molar-refractivity contribution in [3.63, 3.8) is 0 Å². The Hall–Kier alpha value is -1.91. The molecular formula is C12H16N2O3. The second kappa shape index (κ2) is 5.98. The van der Waals surface area contributed by atoms with E-state index < -0.39 is 0 Å². The maximum atomic E-state index is 10.9. The summed E-state index contributed by atoms with van der Waals surface area (Å²) < 4.78 is 0. The van der Waals surface area contributed by atoms with Crippen molar-refractivity contribution in [1.82, 2.24) is 0 Å². The molecule has 0 unspecified atom stereocenters. The highest BCUT2D eigenvalue weighted by atomic mass is 16.6. The third kappa shape index (κ3) is 3.55. The van der Waals surface area contributed by atoms with Crippen molar-refractivity contribution in [2.24, 2.45) is 5.16 Å². The van der Waals surface area contributed by atoms with Gasteiger partial charge in [0.2, 0.25) is 0 Å². The Morgan fingerprint density at radius 1 is 1.47 bits per heavy atom. The highest BCUT2D eigenvalue weighted by molar-refractivity contribution is 5.78. The summed E-state index contributed by atoms with van der Waals surface area (Å²) in [5.41, 5.74) is 2.39. The van der Waals surface area contributed by atoms with E-state index in [1.807, 2.05) is 13.0 Å². The van der Waals surface area contributed by atoms with Gasteiger partial charge in [-0.1, -0.05) is 24.2 Å². The average molecular weight is 236 g/mol. The van der Waals surface area contributed by atoms with Crippen LogP contribution in [-0.2, 0) is 17.9 Å². The molecule has 0 spiro atoms. The van der Waals surface area contributed by atoms with Crippen molar-refractivity contribution >= 4 is 11.4 Å². The molecule has 0 aliphatic heterocycles. The number of hydrogen-bond donors (Lipinski definition) is 0. The summed E-state index contributed by atoms with van der Waals surface area (Å²) in [6.07, 6.45) is 0.731. The Bertz CT molecular complexity index is 437. The van der Waals surface area contributed by atoms with Crippen molar-refractivity contribution in [2.45, 2.75) is 33.8 Å². The van der Waals surface area contributed by atoms with Crippen LogP contribution in [0.4, 0.5) is 5.69 Å². The predicted molar refractivity (Wildman–Crippen MR) is 66.0 cm³/mol. The molecule has 1 rings (SSSR count). The van der Waals surface area contributed by atoms with Gasteiger partial charge in [0.1, 0.15) is 6.61 Å². The quantitative estimate of drug-likeness (QED) is 0.448. The van der Waals surface area contributed by atoms with Gasteiger partial charge in [-0.05, 0) is 25.8 Å². The van der Waals surface area contributed by atoms with E-state index in [9.17, 15) is 10.1 Å². The maximum absolute atomic E-state index is 10.9. The van der Waals surface area contributed by atoms with E-state index in [4.69, 9.17) is 4.84 Å². The van der Waals surface area contributed by atoms with Gasteiger partial charge in [-0.2, -0.15) is 0 Å². The SMILES string of the molecule is CCc1cccc([N+](=O)[O-])c1CON=C(C)C. The molecule has 92 valence electrons. The molecule has 0 aliphatic rings. The van der Waals surface area contributed by atoms with Gasteiger partial charge in [0.05, 0.1) is 16.2 Å². The smallest absolute Gasteiger partial charge is 0.276 e. The number of benzene rings is 1. The van der Waals surface area contributed by atoms with Gasteiger partial charge in [0.15, 0.2) is 0 Å². The zero-order chi connectivity index (χ0) is 12.8. The number of hydrogen-bond acceptors (Lipinski definition) is 4. The molecule has 1 aromatic rings. The molecule has 0 heterocycles. The molecule has 0 amide bonds. The van der Waals surface area contributed by atoms with Crippen LogP contribution < -0.4 is 0 Å². The van der Waals surface area contributed by atoms with Crippen LogP contribution in [0.25, 0.3) is 0 Å². The zero-order valence-electron chi connectivity index (χ0n) is 10.3. The fourth-order valence-electron chi connectivity index (χ4n) is 1.52. The molecule has 0 radical (unpaired) electrons. The molecule has 0 atom stereocenters. The van der Waals surface area contributed by atoms with E-state index in [1.165, 1.54) is 6.07 Å². The first kappa shape index (κ1) is 13.2. The summed E-state index contributed by atoms with van der Waals surface area (Å²) in [5, 5.41) is 14.7. The van der Waals surface area contributed by atoms with Crippen molar-refractivity contribution in [3.05, 3.63) is 39.4 Å². The lowest BCUT2D eigenvalue weighted by molar-refractivity contribution is -0.386. The lowest BCUT2D eigenvalue weighted by Crippen LogP contribution is -2.01. The summed E-state index contributed by atoms with van der Waals surface area (Å²) in [6, 6.07) is 5.05. The van der Waals surface area contributed by atoms with Crippen LogP contribution in [0.1, 0.15) is 31.9 Å². The van der Waals surface area contributed by atoms with Crippen LogP contribution in [-0.4, -0.2) is 10.6 Å². The molecule has 0 saturated heterocycles. The molecule has 1 aromatic carbocycles. The summed E-state index contributed by atoms with van der Waals surface area (Å²) in [4.78, 5) is 15.6. The molecule has 0 fully saturated rings. The Labute approximate surface area is 100 Å². The molecular weight excluding hydrogens is 220 g/mol. The number of nitro groups is 1. The molecule has 0 aromatic heterocycles. The molecule has 0 saturated carbocycles. The molecule has 0 N–H and O–H groups in total.